The van der Waals surface area contributed by atoms with Gasteiger partial charge in [-0.2, -0.15) is 10.2 Å². The van der Waals surface area contributed by atoms with Gasteiger partial charge in [0.2, 0.25) is 0 Å². The predicted molar refractivity (Wildman–Crippen MR) is 137 cm³/mol. The van der Waals surface area contributed by atoms with Crippen LogP contribution in [0.2, 0.25) is 0 Å². The maximum Gasteiger partial charge on any atom is 0.280 e. The molecule has 0 atom stereocenters. The van der Waals surface area contributed by atoms with Crippen LogP contribution in [0.1, 0.15) is 38.0 Å². The van der Waals surface area contributed by atoms with Gasteiger partial charge in [0.05, 0.1) is 11.9 Å². The highest BCUT2D eigenvalue weighted by molar-refractivity contribution is 7.21. The van der Waals surface area contributed by atoms with E-state index < -0.39 is 35.6 Å². The molecule has 0 unspecified atom stereocenters. The number of nitrogens with one attached hydrogen (secondary N) is 1. The molecule has 0 spiro atoms. The summed E-state index contributed by atoms with van der Waals surface area (Å²) in [6.45, 7) is 1.44. The minimum absolute atomic E-state index is 0.0109. The molecule has 0 radical (unpaired) electrons. The quantitative estimate of drug-likeness (QED) is 0.257. The van der Waals surface area contributed by atoms with Crippen molar-refractivity contribution in [1.29, 1.82) is 0 Å². The second-order valence-corrected chi connectivity index (χ2v) is 9.56. The molecule has 4 heterocycles. The Bertz CT molecular complexity index is 1780. The zero-order valence-corrected chi connectivity index (χ0v) is 21.6. The number of fused-ring (bicyclic) bond motifs is 1. The van der Waals surface area contributed by atoms with Gasteiger partial charge in [-0.1, -0.05) is 0 Å². The zero-order valence-electron chi connectivity index (χ0n) is 20.8. The van der Waals surface area contributed by atoms with Crippen molar-refractivity contribution in [3.8, 4) is 16.9 Å². The molecule has 0 bridgehead atoms. The second-order valence-electron chi connectivity index (χ2n) is 8.56. The number of aryl methyl sites for hydroxylation is 1. The van der Waals surface area contributed by atoms with E-state index >= 15 is 0 Å². The van der Waals surface area contributed by atoms with Crippen molar-refractivity contribution in [2.75, 3.05) is 5.32 Å². The van der Waals surface area contributed by atoms with Crippen molar-refractivity contribution in [2.24, 2.45) is 12.8 Å². The van der Waals surface area contributed by atoms with Crippen LogP contribution < -0.4 is 15.8 Å². The largest absolute Gasteiger partial charge is 0.468 e. The number of rotatable bonds is 8. The van der Waals surface area contributed by atoms with Gasteiger partial charge in [-0.3, -0.25) is 14.3 Å². The summed E-state index contributed by atoms with van der Waals surface area (Å²) >= 11 is 0.767. The first-order valence-electron chi connectivity index (χ1n) is 11.5. The fourth-order valence-electron chi connectivity index (χ4n) is 3.96. The summed E-state index contributed by atoms with van der Waals surface area (Å²) in [5.41, 5.74) is 6.37. The Hall–Kier alpha value is -4.79. The topological polar surface area (TPSA) is 130 Å². The number of aromatic nitrogens is 5. The van der Waals surface area contributed by atoms with E-state index in [-0.39, 0.29) is 44.5 Å². The van der Waals surface area contributed by atoms with Gasteiger partial charge in [0.25, 0.3) is 18.2 Å². The number of primary amides is 1. The molecule has 0 aliphatic rings. The first-order valence-corrected chi connectivity index (χ1v) is 12.3. The molecule has 40 heavy (non-hydrogen) atoms. The Kier molecular flexibility index (Phi) is 6.97. The van der Waals surface area contributed by atoms with Gasteiger partial charge in [-0.25, -0.2) is 27.2 Å². The van der Waals surface area contributed by atoms with E-state index in [1.165, 1.54) is 29.2 Å². The van der Waals surface area contributed by atoms with Crippen LogP contribution in [0.4, 0.5) is 23.2 Å². The number of carbonyl (C=O) groups excluding carboxylic acids is 2. The average molecular weight is 574 g/mol. The molecule has 4 aromatic heterocycles. The number of hydrogen-bond acceptors (Lipinski definition) is 7. The molecule has 206 valence electrons. The van der Waals surface area contributed by atoms with Crippen LogP contribution in [0.15, 0.2) is 42.7 Å². The van der Waals surface area contributed by atoms with E-state index in [2.05, 4.69) is 20.5 Å². The second kappa shape index (κ2) is 10.4. The lowest BCUT2D eigenvalue weighted by Crippen LogP contribution is -2.18. The van der Waals surface area contributed by atoms with Crippen LogP contribution in [0.5, 0.6) is 5.75 Å². The number of anilines is 1. The third-order valence-electron chi connectivity index (χ3n) is 6.01. The van der Waals surface area contributed by atoms with E-state index in [1.807, 2.05) is 0 Å². The van der Waals surface area contributed by atoms with Crippen molar-refractivity contribution >= 4 is 39.1 Å². The standard InChI is InChI=1S/C25H19F4N7O3S/c1-11-14(9-31-35(11)2)13-8-17(22(28)29)32-25-19(13)20(21(40-25)23(30)37)33-24(38)16-5-6-36(34-16)10-39-18-4-3-12(26)7-15(18)27/h3-9,22H,10H2,1-2H3,(H2,30,37)(H,33,38). The Labute approximate surface area is 227 Å². The summed E-state index contributed by atoms with van der Waals surface area (Å²) in [7, 11) is 1.68. The number of nitrogens with zero attached hydrogens (tertiary/aromatic N) is 5. The number of nitrogens with two attached hydrogens (primary N) is 1. The minimum Gasteiger partial charge on any atom is -0.468 e. The lowest BCUT2D eigenvalue weighted by atomic mass is 10.0. The third kappa shape index (κ3) is 4.98. The Balaban J connectivity index is 1.50. The molecule has 15 heteroatoms. The Morgan fingerprint density at radius 3 is 2.60 bits per heavy atom. The normalized spacial score (nSPS) is 11.4. The smallest absolute Gasteiger partial charge is 0.280 e. The molecular weight excluding hydrogens is 554 g/mol. The number of alkyl halides is 2. The summed E-state index contributed by atoms with van der Waals surface area (Å²) in [5, 5.41) is 11.1. The number of amides is 2. The van der Waals surface area contributed by atoms with Gasteiger partial charge in [0.15, 0.2) is 24.0 Å². The highest BCUT2D eigenvalue weighted by Crippen LogP contribution is 2.43. The van der Waals surface area contributed by atoms with Crippen LogP contribution in [0.3, 0.4) is 0 Å². The van der Waals surface area contributed by atoms with Gasteiger partial charge in [0.1, 0.15) is 21.2 Å². The van der Waals surface area contributed by atoms with Gasteiger partial charge >= 0.3 is 0 Å². The predicted octanol–water partition coefficient (Wildman–Crippen LogP) is 4.81. The fraction of sp³-hybridized carbons (Fsp3) is 0.160. The number of carbonyl (C=O) groups is 2. The van der Waals surface area contributed by atoms with Crippen LogP contribution in [-0.2, 0) is 13.8 Å². The number of halogens is 4. The first-order chi connectivity index (χ1) is 19.0. The lowest BCUT2D eigenvalue weighted by Gasteiger charge is -2.10. The molecule has 0 aliphatic heterocycles. The Morgan fingerprint density at radius 2 is 1.95 bits per heavy atom. The van der Waals surface area contributed by atoms with E-state index in [1.54, 1.807) is 18.7 Å². The van der Waals surface area contributed by atoms with Crippen molar-refractivity contribution in [3.05, 3.63) is 76.3 Å². The van der Waals surface area contributed by atoms with E-state index in [0.717, 1.165) is 23.5 Å². The number of benzene rings is 1. The SMILES string of the molecule is Cc1c(-c2cc(C(F)F)nc3sc(C(N)=O)c(NC(=O)c4ccn(COc5ccc(F)cc5F)n4)c23)cnn1C. The summed E-state index contributed by atoms with van der Waals surface area (Å²) in [5.74, 6) is -3.53. The lowest BCUT2D eigenvalue weighted by molar-refractivity contribution is 0.100. The highest BCUT2D eigenvalue weighted by atomic mass is 32.1. The Morgan fingerprint density at radius 1 is 1.18 bits per heavy atom. The molecular formula is C25H19F4N7O3S. The summed E-state index contributed by atoms with van der Waals surface area (Å²) < 4.78 is 62.4. The fourth-order valence-corrected chi connectivity index (χ4v) is 4.97. The van der Waals surface area contributed by atoms with E-state index in [9.17, 15) is 27.2 Å². The maximum absolute atomic E-state index is 13.8. The molecule has 1 aromatic carbocycles. The molecule has 2 amide bonds. The number of thiophene rings is 1. The molecule has 3 N–H and O–H groups in total. The van der Waals surface area contributed by atoms with Crippen molar-refractivity contribution in [3.63, 3.8) is 0 Å². The van der Waals surface area contributed by atoms with Crippen molar-refractivity contribution in [1.82, 2.24) is 24.5 Å². The number of ether oxygens (including phenoxy) is 1. The molecule has 5 rings (SSSR count). The monoisotopic (exact) mass is 573 g/mol. The molecule has 5 aromatic rings. The molecule has 0 aliphatic carbocycles. The van der Waals surface area contributed by atoms with Gasteiger partial charge < -0.3 is 15.8 Å². The van der Waals surface area contributed by atoms with E-state index in [4.69, 9.17) is 10.5 Å². The van der Waals surface area contributed by atoms with Gasteiger partial charge in [-0.15, -0.1) is 11.3 Å². The number of pyridine rings is 1. The van der Waals surface area contributed by atoms with Crippen LogP contribution in [-0.4, -0.2) is 36.4 Å². The van der Waals surface area contributed by atoms with E-state index in [0.29, 0.717) is 17.3 Å². The first kappa shape index (κ1) is 26.8. The van der Waals surface area contributed by atoms with Crippen molar-refractivity contribution in [2.45, 2.75) is 20.1 Å². The van der Waals surface area contributed by atoms with Gasteiger partial charge in [0, 0.05) is 36.0 Å². The molecule has 0 saturated heterocycles. The summed E-state index contributed by atoms with van der Waals surface area (Å²) in [4.78, 5) is 29.5. The number of hydrogen-bond donors (Lipinski definition) is 2. The maximum atomic E-state index is 13.8. The minimum atomic E-state index is -2.90. The summed E-state index contributed by atoms with van der Waals surface area (Å²) in [6.07, 6.45) is -0.0252. The van der Waals surface area contributed by atoms with Crippen LogP contribution in [0.25, 0.3) is 21.3 Å². The zero-order chi connectivity index (χ0) is 28.7. The molecule has 0 saturated carbocycles. The summed E-state index contributed by atoms with van der Waals surface area (Å²) in [6, 6.07) is 5.34. The third-order valence-corrected chi connectivity index (χ3v) is 7.11. The molecule has 0 fully saturated rings. The van der Waals surface area contributed by atoms with Gasteiger partial charge in [-0.05, 0) is 36.8 Å². The van der Waals surface area contributed by atoms with Crippen LogP contribution >= 0.6 is 11.3 Å². The molecule has 10 nitrogen and oxygen atoms in total. The van der Waals surface area contributed by atoms with Crippen LogP contribution in [0, 0.1) is 18.6 Å². The van der Waals surface area contributed by atoms with Crippen molar-refractivity contribution < 1.29 is 31.9 Å². The average Bonchev–Trinajstić information content (AvgIpc) is 3.61. The highest BCUT2D eigenvalue weighted by Gasteiger charge is 2.26.